The average Bonchev–Trinajstić information content (AvgIpc) is 3.06. The quantitative estimate of drug-likeness (QED) is 0.801. The van der Waals surface area contributed by atoms with E-state index in [1.165, 1.54) is 0 Å². The van der Waals surface area contributed by atoms with E-state index in [9.17, 15) is 9.59 Å². The number of piperazine rings is 1. The van der Waals surface area contributed by atoms with Crippen LogP contribution in [0.5, 0.6) is 0 Å². The first-order valence-corrected chi connectivity index (χ1v) is 8.49. The van der Waals surface area contributed by atoms with Gasteiger partial charge in [-0.1, -0.05) is 13.8 Å². The van der Waals surface area contributed by atoms with Crippen LogP contribution in [0.25, 0.3) is 0 Å². The average molecular weight is 310 g/mol. The Labute approximate surface area is 133 Å². The highest BCUT2D eigenvalue weighted by atomic mass is 16.2. The number of rotatable bonds is 4. The van der Waals surface area contributed by atoms with Crippen LogP contribution in [0.3, 0.4) is 0 Å². The maximum absolute atomic E-state index is 12.4. The number of nitrogens with zero attached hydrogens (tertiary/aromatic N) is 3. The van der Waals surface area contributed by atoms with E-state index in [1.54, 1.807) is 0 Å². The number of amides is 2. The number of nitrogens with two attached hydrogens (primary N) is 1. The number of hydrogen-bond acceptors (Lipinski definition) is 4. The monoisotopic (exact) mass is 310 g/mol. The molecule has 2 fully saturated rings. The van der Waals surface area contributed by atoms with Crippen molar-refractivity contribution < 1.29 is 9.59 Å². The van der Waals surface area contributed by atoms with Crippen molar-refractivity contribution in [2.24, 2.45) is 11.7 Å². The summed E-state index contributed by atoms with van der Waals surface area (Å²) in [6.07, 6.45) is 2.24. The van der Waals surface area contributed by atoms with Crippen LogP contribution in [0.1, 0.15) is 33.6 Å². The highest BCUT2D eigenvalue weighted by molar-refractivity contribution is 5.83. The van der Waals surface area contributed by atoms with Gasteiger partial charge in [0.25, 0.3) is 0 Å². The van der Waals surface area contributed by atoms with Crippen molar-refractivity contribution in [1.82, 2.24) is 14.7 Å². The lowest BCUT2D eigenvalue weighted by atomic mass is 10.0. The summed E-state index contributed by atoms with van der Waals surface area (Å²) in [6, 6.07) is -0.510. The van der Waals surface area contributed by atoms with Crippen molar-refractivity contribution in [2.45, 2.75) is 45.7 Å². The Morgan fingerprint density at radius 1 is 0.818 bits per heavy atom. The van der Waals surface area contributed by atoms with Gasteiger partial charge < -0.3 is 15.5 Å². The fourth-order valence-corrected chi connectivity index (χ4v) is 3.18. The first-order valence-electron chi connectivity index (χ1n) is 8.49. The molecule has 6 heteroatoms. The maximum Gasteiger partial charge on any atom is 0.239 e. The van der Waals surface area contributed by atoms with Gasteiger partial charge in [0.1, 0.15) is 0 Å². The molecule has 0 radical (unpaired) electrons. The van der Waals surface area contributed by atoms with Crippen molar-refractivity contribution in [3.05, 3.63) is 0 Å². The van der Waals surface area contributed by atoms with Gasteiger partial charge in [-0.3, -0.25) is 14.5 Å². The molecule has 126 valence electrons. The largest absolute Gasteiger partial charge is 0.341 e. The van der Waals surface area contributed by atoms with Gasteiger partial charge in [0.2, 0.25) is 11.8 Å². The standard InChI is InChI=1S/C16H30N4O2/c1-12(2)14(17)16(22)20-10-8-18(9-11-20)13(3)15(21)19-6-4-5-7-19/h12-14H,4-11,17H2,1-3H3/t13?,14-/m0/s1. The number of likely N-dealkylation sites (tertiary alicyclic amines) is 1. The molecule has 2 aliphatic heterocycles. The van der Waals surface area contributed by atoms with Crippen LogP contribution in [-0.2, 0) is 9.59 Å². The lowest BCUT2D eigenvalue weighted by Crippen LogP contribution is -2.57. The lowest BCUT2D eigenvalue weighted by molar-refractivity contribution is -0.139. The summed E-state index contributed by atoms with van der Waals surface area (Å²) in [5.74, 6) is 0.422. The Morgan fingerprint density at radius 2 is 1.32 bits per heavy atom. The molecule has 0 spiro atoms. The van der Waals surface area contributed by atoms with Gasteiger partial charge in [-0.15, -0.1) is 0 Å². The second kappa shape index (κ2) is 7.42. The third kappa shape index (κ3) is 3.79. The molecule has 0 aromatic carbocycles. The fourth-order valence-electron chi connectivity index (χ4n) is 3.18. The summed E-state index contributed by atoms with van der Waals surface area (Å²) in [5, 5.41) is 0. The van der Waals surface area contributed by atoms with Crippen LogP contribution in [0.2, 0.25) is 0 Å². The number of carbonyl (C=O) groups excluding carboxylic acids is 2. The summed E-state index contributed by atoms with van der Waals surface area (Å²) in [7, 11) is 0. The SMILES string of the molecule is CC(C)[C@H](N)C(=O)N1CCN(C(C)C(=O)N2CCCC2)CC1. The molecule has 6 nitrogen and oxygen atoms in total. The normalized spacial score (nSPS) is 23.0. The Hall–Kier alpha value is -1.14. The summed E-state index contributed by atoms with van der Waals surface area (Å²) >= 11 is 0. The predicted molar refractivity (Wildman–Crippen MR) is 86.2 cm³/mol. The van der Waals surface area contributed by atoms with Gasteiger partial charge in [-0.05, 0) is 25.7 Å². The van der Waals surface area contributed by atoms with Crippen LogP contribution in [0.4, 0.5) is 0 Å². The molecule has 2 saturated heterocycles. The number of hydrogen-bond donors (Lipinski definition) is 1. The molecular weight excluding hydrogens is 280 g/mol. The van der Waals surface area contributed by atoms with E-state index in [0.29, 0.717) is 13.1 Å². The van der Waals surface area contributed by atoms with E-state index in [0.717, 1.165) is 39.0 Å². The zero-order valence-corrected chi connectivity index (χ0v) is 14.1. The minimum Gasteiger partial charge on any atom is -0.341 e. The molecule has 22 heavy (non-hydrogen) atoms. The van der Waals surface area contributed by atoms with E-state index in [4.69, 9.17) is 5.73 Å². The lowest BCUT2D eigenvalue weighted by Gasteiger charge is -2.39. The van der Waals surface area contributed by atoms with Gasteiger partial charge in [0.15, 0.2) is 0 Å². The van der Waals surface area contributed by atoms with E-state index < -0.39 is 6.04 Å². The molecule has 2 aliphatic rings. The van der Waals surface area contributed by atoms with Crippen molar-refractivity contribution in [2.75, 3.05) is 39.3 Å². The van der Waals surface area contributed by atoms with E-state index in [2.05, 4.69) is 4.90 Å². The summed E-state index contributed by atoms with van der Waals surface area (Å²) in [5.41, 5.74) is 5.95. The second-order valence-electron chi connectivity index (χ2n) is 6.84. The molecule has 2 N–H and O–H groups in total. The van der Waals surface area contributed by atoms with Crippen molar-refractivity contribution >= 4 is 11.8 Å². The Morgan fingerprint density at radius 3 is 1.82 bits per heavy atom. The smallest absolute Gasteiger partial charge is 0.239 e. The van der Waals surface area contributed by atoms with Crippen molar-refractivity contribution in [3.63, 3.8) is 0 Å². The molecule has 2 amide bonds. The third-order valence-corrected chi connectivity index (χ3v) is 4.95. The van der Waals surface area contributed by atoms with Crippen LogP contribution >= 0.6 is 0 Å². The van der Waals surface area contributed by atoms with Crippen LogP contribution < -0.4 is 5.73 Å². The van der Waals surface area contributed by atoms with Gasteiger partial charge in [0, 0.05) is 39.3 Å². The molecule has 0 saturated carbocycles. The summed E-state index contributed by atoms with van der Waals surface area (Å²) in [4.78, 5) is 30.7. The van der Waals surface area contributed by atoms with Crippen molar-refractivity contribution in [3.8, 4) is 0 Å². The zero-order chi connectivity index (χ0) is 16.3. The minimum absolute atomic E-state index is 0.0353. The maximum atomic E-state index is 12.4. The van der Waals surface area contributed by atoms with Gasteiger partial charge >= 0.3 is 0 Å². The molecule has 0 aromatic rings. The topological polar surface area (TPSA) is 69.9 Å². The van der Waals surface area contributed by atoms with Crippen LogP contribution in [0, 0.1) is 5.92 Å². The Balaban J connectivity index is 1.83. The Kier molecular flexibility index (Phi) is 5.81. The minimum atomic E-state index is -0.421. The first kappa shape index (κ1) is 17.2. The predicted octanol–water partition coefficient (Wildman–Crippen LogP) is 0.125. The molecule has 0 aromatic heterocycles. The molecule has 0 aliphatic carbocycles. The van der Waals surface area contributed by atoms with Crippen LogP contribution in [-0.4, -0.2) is 77.9 Å². The molecule has 1 unspecified atom stereocenters. The summed E-state index contributed by atoms with van der Waals surface area (Å²) in [6.45, 7) is 10.5. The highest BCUT2D eigenvalue weighted by Crippen LogP contribution is 2.14. The molecule has 2 heterocycles. The van der Waals surface area contributed by atoms with E-state index in [1.807, 2.05) is 30.6 Å². The van der Waals surface area contributed by atoms with E-state index in [-0.39, 0.29) is 23.8 Å². The van der Waals surface area contributed by atoms with Gasteiger partial charge in [-0.2, -0.15) is 0 Å². The van der Waals surface area contributed by atoms with Gasteiger partial charge in [-0.25, -0.2) is 0 Å². The van der Waals surface area contributed by atoms with E-state index >= 15 is 0 Å². The number of carbonyl (C=O) groups is 2. The molecule has 2 rings (SSSR count). The highest BCUT2D eigenvalue weighted by Gasteiger charge is 2.32. The zero-order valence-electron chi connectivity index (χ0n) is 14.1. The first-order chi connectivity index (χ1) is 10.4. The summed E-state index contributed by atoms with van der Waals surface area (Å²) < 4.78 is 0. The second-order valence-corrected chi connectivity index (χ2v) is 6.84. The molecular formula is C16H30N4O2. The van der Waals surface area contributed by atoms with Crippen LogP contribution in [0.15, 0.2) is 0 Å². The fraction of sp³-hybridized carbons (Fsp3) is 0.875. The molecule has 2 atom stereocenters. The van der Waals surface area contributed by atoms with Gasteiger partial charge in [0.05, 0.1) is 12.1 Å². The third-order valence-electron chi connectivity index (χ3n) is 4.95. The molecule has 0 bridgehead atoms. The Bertz CT molecular complexity index is 399. The van der Waals surface area contributed by atoms with Crippen molar-refractivity contribution in [1.29, 1.82) is 0 Å².